The Balaban J connectivity index is 2.21. The van der Waals surface area contributed by atoms with Crippen LogP contribution >= 0.6 is 11.3 Å². The molecular weight excluding hydrogens is 310 g/mol. The van der Waals surface area contributed by atoms with Crippen LogP contribution in [0.15, 0.2) is 41.8 Å². The summed E-state index contributed by atoms with van der Waals surface area (Å²) in [5, 5.41) is 15.6. The van der Waals surface area contributed by atoms with Crippen molar-refractivity contribution in [3.8, 4) is 0 Å². The quantitative estimate of drug-likeness (QED) is 0.916. The molecule has 1 aromatic heterocycles. The second-order valence-electron chi connectivity index (χ2n) is 6.45. The Morgan fingerprint density at radius 3 is 2.30 bits per heavy atom. The van der Waals surface area contributed by atoms with Crippen LogP contribution in [0.2, 0.25) is 0 Å². The van der Waals surface area contributed by atoms with Gasteiger partial charge in [0.25, 0.3) is 5.91 Å². The van der Waals surface area contributed by atoms with Gasteiger partial charge >= 0.3 is 0 Å². The van der Waals surface area contributed by atoms with Gasteiger partial charge in [0, 0.05) is 12.4 Å². The Hall–Kier alpha value is -2.14. The summed E-state index contributed by atoms with van der Waals surface area (Å²) in [5.41, 5.74) is 1.92. The summed E-state index contributed by atoms with van der Waals surface area (Å²) in [5.74, 6) is -1.47. The van der Waals surface area contributed by atoms with Crippen LogP contribution in [-0.2, 0) is 10.2 Å². The molecule has 4 nitrogen and oxygen atoms in total. The van der Waals surface area contributed by atoms with Gasteiger partial charge in [-0.25, -0.2) is 0 Å². The predicted molar refractivity (Wildman–Crippen MR) is 89.3 cm³/mol. The standard InChI is InChI=1S/C18H21NO3S/c1-18(2,3)13-8-6-12(7-9-13)14(11-16(20)21)19-17(22)15-5-4-10-23-15/h4-10,14H,11H2,1-3H3,(H,19,22)(H,20,21)/p-1/t14-/m0/s1. The van der Waals surface area contributed by atoms with Crippen LogP contribution in [0.25, 0.3) is 0 Å². The summed E-state index contributed by atoms with van der Waals surface area (Å²) >= 11 is 1.32. The molecule has 0 bridgehead atoms. The van der Waals surface area contributed by atoms with Crippen molar-refractivity contribution in [3.63, 3.8) is 0 Å². The van der Waals surface area contributed by atoms with Gasteiger partial charge in [-0.1, -0.05) is 51.1 Å². The first kappa shape index (κ1) is 17.2. The van der Waals surface area contributed by atoms with E-state index >= 15 is 0 Å². The summed E-state index contributed by atoms with van der Waals surface area (Å²) in [6.07, 6.45) is -0.258. The van der Waals surface area contributed by atoms with E-state index in [-0.39, 0.29) is 17.7 Å². The molecule has 23 heavy (non-hydrogen) atoms. The third-order valence-electron chi connectivity index (χ3n) is 3.60. The molecule has 0 saturated heterocycles. The molecule has 2 aromatic rings. The van der Waals surface area contributed by atoms with Crippen molar-refractivity contribution < 1.29 is 14.7 Å². The number of rotatable bonds is 5. The minimum atomic E-state index is -1.19. The van der Waals surface area contributed by atoms with E-state index in [9.17, 15) is 14.7 Å². The Morgan fingerprint density at radius 1 is 1.17 bits per heavy atom. The van der Waals surface area contributed by atoms with Crippen molar-refractivity contribution in [1.82, 2.24) is 5.32 Å². The molecule has 0 saturated carbocycles. The van der Waals surface area contributed by atoms with Gasteiger partial charge in [-0.3, -0.25) is 4.79 Å². The third-order valence-corrected chi connectivity index (χ3v) is 4.47. The molecule has 0 spiro atoms. The normalized spacial score (nSPS) is 12.7. The zero-order valence-corrected chi connectivity index (χ0v) is 14.3. The maximum absolute atomic E-state index is 12.2. The van der Waals surface area contributed by atoms with E-state index in [4.69, 9.17) is 0 Å². The van der Waals surface area contributed by atoms with Crippen molar-refractivity contribution >= 4 is 23.2 Å². The number of hydrogen-bond acceptors (Lipinski definition) is 4. The number of carboxylic acids is 1. The summed E-state index contributed by atoms with van der Waals surface area (Å²) in [4.78, 5) is 23.8. The molecule has 0 aliphatic rings. The van der Waals surface area contributed by atoms with Crippen LogP contribution in [0.1, 0.15) is 54.0 Å². The van der Waals surface area contributed by atoms with Crippen LogP contribution in [0, 0.1) is 0 Å². The summed E-state index contributed by atoms with van der Waals surface area (Å²) < 4.78 is 0. The van der Waals surface area contributed by atoms with E-state index in [1.807, 2.05) is 24.3 Å². The maximum atomic E-state index is 12.2. The third kappa shape index (κ3) is 4.66. The highest BCUT2D eigenvalue weighted by atomic mass is 32.1. The number of aliphatic carboxylic acids is 1. The first-order valence-corrected chi connectivity index (χ1v) is 8.30. The van der Waals surface area contributed by atoms with Gasteiger partial charge in [0.15, 0.2) is 0 Å². The first-order valence-electron chi connectivity index (χ1n) is 7.42. The number of carbonyl (C=O) groups is 2. The van der Waals surface area contributed by atoms with E-state index in [2.05, 4.69) is 26.1 Å². The predicted octanol–water partition coefficient (Wildman–Crippen LogP) is 2.66. The molecule has 1 heterocycles. The minimum absolute atomic E-state index is 0.0165. The van der Waals surface area contributed by atoms with E-state index in [1.165, 1.54) is 11.3 Å². The number of hydrogen-bond donors (Lipinski definition) is 1. The smallest absolute Gasteiger partial charge is 0.261 e. The first-order chi connectivity index (χ1) is 10.8. The Morgan fingerprint density at radius 2 is 1.83 bits per heavy atom. The Labute approximate surface area is 140 Å². The topological polar surface area (TPSA) is 69.2 Å². The van der Waals surface area contributed by atoms with Crippen molar-refractivity contribution in [2.24, 2.45) is 0 Å². The minimum Gasteiger partial charge on any atom is -0.550 e. The molecular formula is C18H20NO3S-. The highest BCUT2D eigenvalue weighted by molar-refractivity contribution is 7.12. The van der Waals surface area contributed by atoms with Crippen LogP contribution in [0.5, 0.6) is 0 Å². The van der Waals surface area contributed by atoms with Crippen LogP contribution in [0.4, 0.5) is 0 Å². The number of thiophene rings is 1. The number of carbonyl (C=O) groups excluding carboxylic acids is 2. The van der Waals surface area contributed by atoms with Crippen LogP contribution in [0.3, 0.4) is 0 Å². The second-order valence-corrected chi connectivity index (χ2v) is 7.40. The largest absolute Gasteiger partial charge is 0.550 e. The van der Waals surface area contributed by atoms with Crippen molar-refractivity contribution in [3.05, 3.63) is 57.8 Å². The molecule has 1 atom stereocenters. The van der Waals surface area contributed by atoms with Crippen molar-refractivity contribution in [2.75, 3.05) is 0 Å². The van der Waals surface area contributed by atoms with Crippen LogP contribution < -0.4 is 10.4 Å². The van der Waals surface area contributed by atoms with E-state index in [0.717, 1.165) is 11.1 Å². The molecule has 122 valence electrons. The lowest BCUT2D eigenvalue weighted by Crippen LogP contribution is -2.34. The number of benzene rings is 1. The molecule has 0 aliphatic carbocycles. The lowest BCUT2D eigenvalue weighted by Gasteiger charge is -2.22. The van der Waals surface area contributed by atoms with E-state index in [1.54, 1.807) is 17.5 Å². The van der Waals surface area contributed by atoms with Crippen LogP contribution in [-0.4, -0.2) is 11.9 Å². The van der Waals surface area contributed by atoms with Crippen molar-refractivity contribution in [2.45, 2.75) is 38.6 Å². The SMILES string of the molecule is CC(C)(C)c1ccc([C@H](CC(=O)[O-])NC(=O)c2cccs2)cc1. The molecule has 0 fully saturated rings. The number of amides is 1. The van der Waals surface area contributed by atoms with E-state index < -0.39 is 12.0 Å². The average molecular weight is 330 g/mol. The summed E-state index contributed by atoms with van der Waals surface area (Å²) in [6, 6.07) is 10.5. The average Bonchev–Trinajstić information content (AvgIpc) is 2.99. The maximum Gasteiger partial charge on any atom is 0.261 e. The summed E-state index contributed by atoms with van der Waals surface area (Å²) in [6.45, 7) is 6.33. The molecule has 1 amide bonds. The zero-order valence-electron chi connectivity index (χ0n) is 13.5. The zero-order chi connectivity index (χ0) is 17.0. The van der Waals surface area contributed by atoms with Gasteiger partial charge in [0.2, 0.25) is 0 Å². The molecule has 1 N–H and O–H groups in total. The van der Waals surface area contributed by atoms with Gasteiger partial charge in [-0.15, -0.1) is 11.3 Å². The van der Waals surface area contributed by atoms with Gasteiger partial charge in [0.05, 0.1) is 10.9 Å². The fourth-order valence-electron chi connectivity index (χ4n) is 2.27. The van der Waals surface area contributed by atoms with Gasteiger partial charge in [-0.05, 0) is 28.0 Å². The molecule has 5 heteroatoms. The Bertz CT molecular complexity index is 669. The molecule has 0 unspecified atom stereocenters. The fourth-order valence-corrected chi connectivity index (χ4v) is 2.90. The fraction of sp³-hybridized carbons (Fsp3) is 0.333. The number of carboxylic acid groups (broad SMARTS) is 1. The summed E-state index contributed by atoms with van der Waals surface area (Å²) in [7, 11) is 0. The lowest BCUT2D eigenvalue weighted by atomic mass is 9.86. The van der Waals surface area contributed by atoms with Crippen molar-refractivity contribution in [1.29, 1.82) is 0 Å². The molecule has 0 radical (unpaired) electrons. The highest BCUT2D eigenvalue weighted by Crippen LogP contribution is 2.25. The van der Waals surface area contributed by atoms with E-state index in [0.29, 0.717) is 4.88 Å². The lowest BCUT2D eigenvalue weighted by molar-refractivity contribution is -0.306. The second kappa shape index (κ2) is 6.96. The van der Waals surface area contributed by atoms with Gasteiger partial charge in [0.1, 0.15) is 0 Å². The molecule has 1 aromatic carbocycles. The highest BCUT2D eigenvalue weighted by Gasteiger charge is 2.18. The van der Waals surface area contributed by atoms with Gasteiger partial charge in [-0.2, -0.15) is 0 Å². The van der Waals surface area contributed by atoms with Gasteiger partial charge < -0.3 is 15.2 Å². The number of nitrogens with one attached hydrogen (secondary N) is 1. The Kier molecular flexibility index (Phi) is 5.21. The molecule has 0 aliphatic heterocycles. The molecule has 2 rings (SSSR count). The monoisotopic (exact) mass is 330 g/mol.